The Morgan fingerprint density at radius 1 is 1.18 bits per heavy atom. The maximum absolute atomic E-state index is 13.1. The van der Waals surface area contributed by atoms with Crippen molar-refractivity contribution in [2.24, 2.45) is 0 Å². The van der Waals surface area contributed by atoms with Crippen LogP contribution < -0.4 is 10.2 Å². The van der Waals surface area contributed by atoms with Crippen molar-refractivity contribution in [3.8, 4) is 0 Å². The van der Waals surface area contributed by atoms with Crippen molar-refractivity contribution < 1.29 is 18.7 Å². The maximum atomic E-state index is 13.1. The van der Waals surface area contributed by atoms with Crippen LogP contribution in [0.5, 0.6) is 0 Å². The van der Waals surface area contributed by atoms with Gasteiger partial charge in [-0.3, -0.25) is 9.59 Å². The lowest BCUT2D eigenvalue weighted by Gasteiger charge is -2.23. The third-order valence-corrected chi connectivity index (χ3v) is 4.80. The molecule has 28 heavy (non-hydrogen) atoms. The first-order chi connectivity index (χ1) is 13.7. The van der Waals surface area contributed by atoms with Crippen molar-refractivity contribution in [3.05, 3.63) is 83.3 Å². The molecule has 1 aromatic heterocycles. The molecule has 1 N–H and O–H groups in total. The minimum absolute atomic E-state index is 0.0402. The van der Waals surface area contributed by atoms with E-state index < -0.39 is 0 Å². The van der Waals surface area contributed by atoms with Crippen LogP contribution in [0, 0.1) is 0 Å². The van der Waals surface area contributed by atoms with Crippen LogP contribution in [0.4, 0.5) is 11.4 Å². The van der Waals surface area contributed by atoms with Gasteiger partial charge in [0, 0.05) is 37.0 Å². The van der Waals surface area contributed by atoms with Gasteiger partial charge in [0.2, 0.25) is 0 Å². The van der Waals surface area contributed by atoms with Crippen molar-refractivity contribution in [2.45, 2.75) is 6.42 Å². The minimum atomic E-state index is -0.241. The third-order valence-electron chi connectivity index (χ3n) is 4.80. The number of nitrogens with zero attached hydrogens (tertiary/aromatic N) is 1. The summed E-state index contributed by atoms with van der Waals surface area (Å²) in [6, 6.07) is 14.8. The fourth-order valence-electron chi connectivity index (χ4n) is 3.41. The maximum Gasteiger partial charge on any atom is 0.258 e. The highest BCUT2D eigenvalue weighted by Gasteiger charge is 2.26. The molecule has 6 nitrogen and oxygen atoms in total. The molecule has 2 heterocycles. The number of hydrogen-bond acceptors (Lipinski definition) is 4. The fourth-order valence-corrected chi connectivity index (χ4v) is 3.41. The van der Waals surface area contributed by atoms with E-state index in [1.165, 1.54) is 12.5 Å². The monoisotopic (exact) mass is 376 g/mol. The Morgan fingerprint density at radius 3 is 2.82 bits per heavy atom. The van der Waals surface area contributed by atoms with E-state index in [4.69, 9.17) is 9.15 Å². The Morgan fingerprint density at radius 2 is 2.04 bits per heavy atom. The van der Waals surface area contributed by atoms with E-state index in [9.17, 15) is 9.59 Å². The highest BCUT2D eigenvalue weighted by atomic mass is 16.5. The van der Waals surface area contributed by atoms with Gasteiger partial charge in [-0.2, -0.15) is 0 Å². The fraction of sp³-hybridized carbons (Fsp3) is 0.182. The standard InChI is InChI=1S/C22H20N2O4/c1-27-11-9-24-20-7-6-18(23-21(25)16-8-10-28-14-16)13-17(20)12-15-4-2-3-5-19(15)22(24)26/h2-8,10,13-14H,9,11-12H2,1H3,(H,23,25). The molecule has 6 heteroatoms. The number of carbonyl (C=O) groups excluding carboxylic acids is 2. The molecule has 0 saturated carbocycles. The van der Waals surface area contributed by atoms with Crippen LogP contribution in [0.25, 0.3) is 0 Å². The summed E-state index contributed by atoms with van der Waals surface area (Å²) < 4.78 is 10.2. The SMILES string of the molecule is COCCN1C(=O)c2ccccc2Cc2cc(NC(=O)c3ccoc3)ccc21. The van der Waals surface area contributed by atoms with Crippen LogP contribution in [-0.2, 0) is 11.2 Å². The van der Waals surface area contributed by atoms with Gasteiger partial charge in [0.15, 0.2) is 0 Å². The topological polar surface area (TPSA) is 71.8 Å². The van der Waals surface area contributed by atoms with Gasteiger partial charge in [0.1, 0.15) is 6.26 Å². The number of anilines is 2. The van der Waals surface area contributed by atoms with Gasteiger partial charge in [0.25, 0.3) is 11.8 Å². The van der Waals surface area contributed by atoms with E-state index in [0.29, 0.717) is 36.4 Å². The van der Waals surface area contributed by atoms with Crippen LogP contribution in [0.1, 0.15) is 31.8 Å². The first-order valence-electron chi connectivity index (χ1n) is 9.02. The van der Waals surface area contributed by atoms with Crippen molar-refractivity contribution >= 4 is 23.2 Å². The second-order valence-electron chi connectivity index (χ2n) is 6.59. The Balaban J connectivity index is 1.71. The van der Waals surface area contributed by atoms with Gasteiger partial charge in [0.05, 0.1) is 18.4 Å². The second-order valence-corrected chi connectivity index (χ2v) is 6.59. The normalized spacial score (nSPS) is 12.9. The summed E-state index contributed by atoms with van der Waals surface area (Å²) in [5.74, 6) is -0.281. The van der Waals surface area contributed by atoms with Crippen LogP contribution >= 0.6 is 0 Å². The highest BCUT2D eigenvalue weighted by molar-refractivity contribution is 6.09. The number of carbonyl (C=O) groups is 2. The summed E-state index contributed by atoms with van der Waals surface area (Å²) >= 11 is 0. The first-order valence-corrected chi connectivity index (χ1v) is 9.02. The molecule has 0 aliphatic carbocycles. The van der Waals surface area contributed by atoms with Gasteiger partial charge in [-0.05, 0) is 41.5 Å². The zero-order chi connectivity index (χ0) is 19.5. The van der Waals surface area contributed by atoms with Crippen molar-refractivity contribution in [3.63, 3.8) is 0 Å². The molecule has 3 aromatic rings. The minimum Gasteiger partial charge on any atom is -0.472 e. The van der Waals surface area contributed by atoms with Gasteiger partial charge in [-0.15, -0.1) is 0 Å². The Labute approximate surface area is 162 Å². The van der Waals surface area contributed by atoms with E-state index >= 15 is 0 Å². The summed E-state index contributed by atoms with van der Waals surface area (Å²) in [5.41, 5.74) is 4.59. The lowest BCUT2D eigenvalue weighted by molar-refractivity contribution is 0.0974. The smallest absolute Gasteiger partial charge is 0.258 e. The molecular weight excluding hydrogens is 356 g/mol. The van der Waals surface area contributed by atoms with Crippen molar-refractivity contribution in [1.82, 2.24) is 0 Å². The molecular formula is C22H20N2O4. The van der Waals surface area contributed by atoms with Crippen molar-refractivity contribution in [2.75, 3.05) is 30.5 Å². The van der Waals surface area contributed by atoms with E-state index in [1.54, 1.807) is 24.1 Å². The van der Waals surface area contributed by atoms with Gasteiger partial charge in [-0.1, -0.05) is 18.2 Å². The third kappa shape index (κ3) is 3.42. The Hall–Kier alpha value is -3.38. The quantitative estimate of drug-likeness (QED) is 0.737. The molecule has 4 rings (SSSR count). The Kier molecular flexibility index (Phi) is 4.95. The average Bonchev–Trinajstić information content (AvgIpc) is 3.21. The summed E-state index contributed by atoms with van der Waals surface area (Å²) in [6.45, 7) is 0.893. The number of rotatable bonds is 5. The van der Waals surface area contributed by atoms with Gasteiger partial charge < -0.3 is 19.4 Å². The molecule has 0 fully saturated rings. The largest absolute Gasteiger partial charge is 0.472 e. The summed E-state index contributed by atoms with van der Waals surface area (Å²) in [7, 11) is 1.62. The molecule has 0 unspecified atom stereocenters. The van der Waals surface area contributed by atoms with Gasteiger partial charge >= 0.3 is 0 Å². The summed E-state index contributed by atoms with van der Waals surface area (Å²) in [4.78, 5) is 27.2. The number of hydrogen-bond donors (Lipinski definition) is 1. The van der Waals surface area contributed by atoms with Crippen LogP contribution in [0.3, 0.4) is 0 Å². The number of fused-ring (bicyclic) bond motifs is 2. The predicted molar refractivity (Wildman–Crippen MR) is 106 cm³/mol. The molecule has 2 aromatic carbocycles. The second kappa shape index (κ2) is 7.70. The van der Waals surface area contributed by atoms with E-state index in [2.05, 4.69) is 5.32 Å². The lowest BCUT2D eigenvalue weighted by Crippen LogP contribution is -2.34. The number of nitrogens with one attached hydrogen (secondary N) is 1. The lowest BCUT2D eigenvalue weighted by atomic mass is 10.00. The molecule has 0 bridgehead atoms. The summed E-state index contributed by atoms with van der Waals surface area (Å²) in [6.07, 6.45) is 3.47. The molecule has 0 atom stereocenters. The van der Waals surface area contributed by atoms with Crippen LogP contribution in [-0.4, -0.2) is 32.1 Å². The van der Waals surface area contributed by atoms with Crippen LogP contribution in [0.2, 0.25) is 0 Å². The van der Waals surface area contributed by atoms with Crippen molar-refractivity contribution in [1.29, 1.82) is 0 Å². The molecule has 1 aliphatic heterocycles. The van der Waals surface area contributed by atoms with E-state index in [1.807, 2.05) is 36.4 Å². The molecule has 0 saturated heterocycles. The number of ether oxygens (including phenoxy) is 1. The number of amides is 2. The van der Waals surface area contributed by atoms with E-state index in [0.717, 1.165) is 16.8 Å². The zero-order valence-electron chi connectivity index (χ0n) is 15.5. The predicted octanol–water partition coefficient (Wildman–Crippen LogP) is 3.73. The molecule has 142 valence electrons. The average molecular weight is 376 g/mol. The molecule has 1 aliphatic rings. The highest BCUT2D eigenvalue weighted by Crippen LogP contribution is 2.32. The van der Waals surface area contributed by atoms with Crippen LogP contribution in [0.15, 0.2) is 65.5 Å². The number of furan rings is 1. The molecule has 0 radical (unpaired) electrons. The van der Waals surface area contributed by atoms with E-state index in [-0.39, 0.29) is 11.8 Å². The number of benzene rings is 2. The zero-order valence-corrected chi connectivity index (χ0v) is 15.5. The van der Waals surface area contributed by atoms with Gasteiger partial charge in [-0.25, -0.2) is 0 Å². The molecule has 2 amide bonds. The Bertz CT molecular complexity index is 1010. The number of methoxy groups -OCH3 is 1. The molecule has 0 spiro atoms. The summed E-state index contributed by atoms with van der Waals surface area (Å²) in [5, 5.41) is 2.88. The first kappa shape index (κ1) is 18.0.